The van der Waals surface area contributed by atoms with Crippen LogP contribution in [0.2, 0.25) is 0 Å². The lowest BCUT2D eigenvalue weighted by Gasteiger charge is -2.38. The van der Waals surface area contributed by atoms with E-state index < -0.39 is 13.2 Å². The maximum Gasteiger partial charge on any atom is 0.387 e. The highest BCUT2D eigenvalue weighted by Gasteiger charge is 2.28. The Bertz CT molecular complexity index is 1000. The van der Waals surface area contributed by atoms with Gasteiger partial charge in [-0.2, -0.15) is 17.6 Å². The first-order valence-electron chi connectivity index (χ1n) is 11.6. The third kappa shape index (κ3) is 6.96. The van der Waals surface area contributed by atoms with Gasteiger partial charge in [-0.3, -0.25) is 4.90 Å². The highest BCUT2D eigenvalue weighted by molar-refractivity contribution is 5.35. The van der Waals surface area contributed by atoms with Crippen LogP contribution in [0, 0.1) is 0 Å². The number of alkyl halides is 4. The van der Waals surface area contributed by atoms with Crippen molar-refractivity contribution < 1.29 is 27.0 Å². The van der Waals surface area contributed by atoms with Crippen molar-refractivity contribution in [2.45, 2.75) is 51.2 Å². The van der Waals surface area contributed by atoms with E-state index in [4.69, 9.17) is 9.47 Å². The lowest BCUT2D eigenvalue weighted by molar-refractivity contribution is -0.0509. The monoisotopic (exact) mass is 488 g/mol. The van der Waals surface area contributed by atoms with Crippen LogP contribution in [0.4, 0.5) is 17.6 Å². The van der Waals surface area contributed by atoms with Crippen molar-refractivity contribution in [1.82, 2.24) is 10.2 Å². The summed E-state index contributed by atoms with van der Waals surface area (Å²) in [6.45, 7) is -4.59. The number of ether oxygens (including phenoxy) is 2. The molecular weight excluding hydrogens is 460 g/mol. The molecule has 0 spiro atoms. The third-order valence-corrected chi connectivity index (χ3v) is 6.23. The summed E-state index contributed by atoms with van der Waals surface area (Å²) in [4.78, 5) is 2.11. The minimum absolute atomic E-state index is 0.0502. The number of hydrogen-bond acceptors (Lipinski definition) is 4. The largest absolute Gasteiger partial charge is 0.434 e. The van der Waals surface area contributed by atoms with Gasteiger partial charge in [-0.05, 0) is 30.5 Å². The normalized spacial score (nSPS) is 18.3. The molecule has 1 heterocycles. The highest BCUT2D eigenvalue weighted by atomic mass is 19.3. The Morgan fingerprint density at radius 2 is 1.23 bits per heavy atom. The summed E-state index contributed by atoms with van der Waals surface area (Å²) in [5.74, 6) is 0.214. The van der Waals surface area contributed by atoms with E-state index in [-0.39, 0.29) is 23.6 Å². The van der Waals surface area contributed by atoms with E-state index in [0.717, 1.165) is 12.8 Å². The molecule has 8 heteroatoms. The molecule has 0 aromatic heterocycles. The molecule has 4 rings (SSSR count). The summed E-state index contributed by atoms with van der Waals surface area (Å²) in [7, 11) is 0. The number of rotatable bonds is 10. The zero-order chi connectivity index (χ0) is 24.6. The molecule has 2 unspecified atom stereocenters. The molecule has 0 aliphatic carbocycles. The quantitative estimate of drug-likeness (QED) is 0.336. The second-order valence-electron chi connectivity index (χ2n) is 8.48. The average Bonchev–Trinajstić information content (AvgIpc) is 2.86. The van der Waals surface area contributed by atoms with E-state index in [1.807, 2.05) is 18.2 Å². The van der Waals surface area contributed by atoms with E-state index in [1.54, 1.807) is 36.4 Å². The van der Waals surface area contributed by atoms with Crippen molar-refractivity contribution >= 4 is 0 Å². The fraction of sp³-hybridized carbons (Fsp3) is 0.333. The van der Waals surface area contributed by atoms with E-state index in [1.165, 1.54) is 17.7 Å². The number of piperidine rings is 1. The Morgan fingerprint density at radius 3 is 1.71 bits per heavy atom. The first kappa shape index (κ1) is 25.0. The molecule has 1 fully saturated rings. The van der Waals surface area contributed by atoms with E-state index >= 15 is 0 Å². The first-order valence-corrected chi connectivity index (χ1v) is 11.6. The van der Waals surface area contributed by atoms with Gasteiger partial charge in [0, 0.05) is 42.8 Å². The van der Waals surface area contributed by atoms with Gasteiger partial charge in [0.1, 0.15) is 11.5 Å². The number of hydrogen-bond donors (Lipinski definition) is 1. The molecule has 1 aliphatic heterocycles. The summed E-state index contributed by atoms with van der Waals surface area (Å²) >= 11 is 0. The Morgan fingerprint density at radius 1 is 0.714 bits per heavy atom. The van der Waals surface area contributed by atoms with Crippen LogP contribution in [0.3, 0.4) is 0 Å². The van der Waals surface area contributed by atoms with Gasteiger partial charge >= 0.3 is 13.2 Å². The zero-order valence-electron chi connectivity index (χ0n) is 19.1. The summed E-state index contributed by atoms with van der Waals surface area (Å²) in [6, 6.07) is 23.8. The second-order valence-corrected chi connectivity index (χ2v) is 8.48. The molecule has 4 nitrogen and oxygen atoms in total. The van der Waals surface area contributed by atoms with Crippen LogP contribution >= 0.6 is 0 Å². The molecule has 1 N–H and O–H groups in total. The Hall–Kier alpha value is -3.10. The standard InChI is InChI=1S/C27H28F4N2O2/c28-26(29)34-24-12-6-4-10-20(24)17-33(18-21-11-5-7-13-25(21)35-27(30)31)22-14-15-23(32-16-22)19-8-2-1-3-9-19/h1-13,22-23,26-27,32H,14-18H2. The van der Waals surface area contributed by atoms with Crippen LogP contribution in [0.1, 0.15) is 35.6 Å². The first-order chi connectivity index (χ1) is 17.0. The summed E-state index contributed by atoms with van der Waals surface area (Å²) in [6.07, 6.45) is 1.73. The minimum atomic E-state index is -2.94. The maximum absolute atomic E-state index is 13.0. The predicted octanol–water partition coefficient (Wildman–Crippen LogP) is 6.38. The summed E-state index contributed by atoms with van der Waals surface area (Å²) in [5, 5.41) is 3.59. The predicted molar refractivity (Wildman–Crippen MR) is 126 cm³/mol. The smallest absolute Gasteiger partial charge is 0.387 e. The van der Waals surface area contributed by atoms with Crippen molar-refractivity contribution in [3.05, 3.63) is 95.6 Å². The van der Waals surface area contributed by atoms with E-state index in [9.17, 15) is 17.6 Å². The molecule has 186 valence electrons. The average molecular weight is 489 g/mol. The Balaban J connectivity index is 1.56. The van der Waals surface area contributed by atoms with E-state index in [0.29, 0.717) is 30.8 Å². The van der Waals surface area contributed by atoms with Crippen LogP contribution in [0.25, 0.3) is 0 Å². The van der Waals surface area contributed by atoms with Gasteiger partial charge in [-0.25, -0.2) is 0 Å². The second kappa shape index (κ2) is 12.0. The van der Waals surface area contributed by atoms with Crippen LogP contribution in [-0.4, -0.2) is 30.7 Å². The summed E-state index contributed by atoms with van der Waals surface area (Å²) in [5.41, 5.74) is 2.42. The number of nitrogens with one attached hydrogen (secondary N) is 1. The van der Waals surface area contributed by atoms with Crippen LogP contribution in [0.5, 0.6) is 11.5 Å². The van der Waals surface area contributed by atoms with E-state index in [2.05, 4.69) is 22.3 Å². The van der Waals surface area contributed by atoms with Crippen molar-refractivity contribution in [1.29, 1.82) is 0 Å². The zero-order valence-corrected chi connectivity index (χ0v) is 19.1. The molecule has 0 amide bonds. The molecule has 0 saturated carbocycles. The Kier molecular flexibility index (Phi) is 8.60. The lowest BCUT2D eigenvalue weighted by atomic mass is 9.93. The number of para-hydroxylation sites is 2. The maximum atomic E-state index is 13.0. The SMILES string of the molecule is FC(F)Oc1ccccc1CN(Cc1ccccc1OC(F)F)C1CCC(c2ccccc2)NC1. The number of benzene rings is 3. The topological polar surface area (TPSA) is 33.7 Å². The molecule has 0 radical (unpaired) electrons. The van der Waals surface area contributed by atoms with Gasteiger partial charge in [-0.1, -0.05) is 66.7 Å². The molecule has 1 aliphatic rings. The van der Waals surface area contributed by atoms with Crippen LogP contribution < -0.4 is 14.8 Å². The van der Waals surface area contributed by atoms with Crippen molar-refractivity contribution in [2.24, 2.45) is 0 Å². The molecule has 3 aromatic rings. The summed E-state index contributed by atoms with van der Waals surface area (Å²) < 4.78 is 61.4. The molecule has 1 saturated heterocycles. The number of halogens is 4. The van der Waals surface area contributed by atoms with Gasteiger partial charge in [0.25, 0.3) is 0 Å². The fourth-order valence-electron chi connectivity index (χ4n) is 4.57. The molecule has 0 bridgehead atoms. The van der Waals surface area contributed by atoms with Gasteiger partial charge in [0.15, 0.2) is 0 Å². The van der Waals surface area contributed by atoms with Gasteiger partial charge in [0.2, 0.25) is 0 Å². The molecule has 2 atom stereocenters. The highest BCUT2D eigenvalue weighted by Crippen LogP contribution is 2.31. The fourth-order valence-corrected chi connectivity index (χ4v) is 4.57. The van der Waals surface area contributed by atoms with Crippen molar-refractivity contribution in [3.63, 3.8) is 0 Å². The molecule has 3 aromatic carbocycles. The molecular formula is C27H28F4N2O2. The van der Waals surface area contributed by atoms with Crippen molar-refractivity contribution in [3.8, 4) is 11.5 Å². The Labute approximate surface area is 202 Å². The minimum Gasteiger partial charge on any atom is -0.434 e. The van der Waals surface area contributed by atoms with Crippen LogP contribution in [-0.2, 0) is 13.1 Å². The molecule has 35 heavy (non-hydrogen) atoms. The third-order valence-electron chi connectivity index (χ3n) is 6.23. The number of nitrogens with zero attached hydrogens (tertiary/aromatic N) is 1. The van der Waals surface area contributed by atoms with Gasteiger partial charge in [0.05, 0.1) is 0 Å². The lowest BCUT2D eigenvalue weighted by Crippen LogP contribution is -2.46. The van der Waals surface area contributed by atoms with Gasteiger partial charge in [-0.15, -0.1) is 0 Å². The van der Waals surface area contributed by atoms with Crippen molar-refractivity contribution in [2.75, 3.05) is 6.54 Å². The van der Waals surface area contributed by atoms with Crippen LogP contribution in [0.15, 0.2) is 78.9 Å². The van der Waals surface area contributed by atoms with Gasteiger partial charge < -0.3 is 14.8 Å².